The van der Waals surface area contributed by atoms with Crippen molar-refractivity contribution in [3.05, 3.63) is 33.8 Å². The second-order valence-corrected chi connectivity index (χ2v) is 4.31. The van der Waals surface area contributed by atoms with E-state index in [9.17, 15) is 5.11 Å². The summed E-state index contributed by atoms with van der Waals surface area (Å²) in [6, 6.07) is 5.00. The topological polar surface area (TPSA) is 52.5 Å². The van der Waals surface area contributed by atoms with Crippen molar-refractivity contribution in [2.45, 2.75) is 12.5 Å². The summed E-state index contributed by atoms with van der Waals surface area (Å²) in [4.78, 5) is 0. The first-order chi connectivity index (χ1) is 7.65. The monoisotopic (exact) mass is 263 g/mol. The third-order valence-electron chi connectivity index (χ3n) is 2.17. The summed E-state index contributed by atoms with van der Waals surface area (Å²) >= 11 is 11.8. The molecule has 3 nitrogen and oxygen atoms in total. The van der Waals surface area contributed by atoms with Gasteiger partial charge in [-0.25, -0.2) is 0 Å². The summed E-state index contributed by atoms with van der Waals surface area (Å²) in [6.07, 6.45) is -0.0272. The third-order valence-corrected chi connectivity index (χ3v) is 2.75. The van der Waals surface area contributed by atoms with Crippen LogP contribution >= 0.6 is 23.2 Å². The molecule has 0 fully saturated rings. The highest BCUT2D eigenvalue weighted by Gasteiger charge is 2.11. The second kappa shape index (κ2) is 7.09. The van der Waals surface area contributed by atoms with Crippen LogP contribution in [-0.2, 0) is 0 Å². The predicted molar refractivity (Wildman–Crippen MR) is 66.0 cm³/mol. The minimum absolute atomic E-state index is 0.140. The third kappa shape index (κ3) is 4.28. The first-order valence-electron chi connectivity index (χ1n) is 5.09. The molecule has 0 saturated heterocycles. The highest BCUT2D eigenvalue weighted by Crippen LogP contribution is 2.25. The fourth-order valence-electron chi connectivity index (χ4n) is 1.32. The van der Waals surface area contributed by atoms with Crippen LogP contribution in [-0.4, -0.2) is 29.9 Å². The van der Waals surface area contributed by atoms with E-state index in [2.05, 4.69) is 5.32 Å². The summed E-state index contributed by atoms with van der Waals surface area (Å²) in [5.41, 5.74) is 0.616. The average Bonchev–Trinajstić information content (AvgIpc) is 2.27. The van der Waals surface area contributed by atoms with Gasteiger partial charge in [0.2, 0.25) is 0 Å². The minimum Gasteiger partial charge on any atom is -0.396 e. The predicted octanol–water partition coefficient (Wildman–Crippen LogP) is 2.00. The molecule has 0 amide bonds. The van der Waals surface area contributed by atoms with Crippen molar-refractivity contribution in [1.82, 2.24) is 5.32 Å². The van der Waals surface area contributed by atoms with Gasteiger partial charge in [-0.05, 0) is 31.2 Å². The number of benzene rings is 1. The molecule has 0 radical (unpaired) electrons. The van der Waals surface area contributed by atoms with Gasteiger partial charge in [0.15, 0.2) is 0 Å². The molecule has 1 unspecified atom stereocenters. The Morgan fingerprint density at radius 2 is 2.06 bits per heavy atom. The zero-order valence-corrected chi connectivity index (χ0v) is 10.3. The molecule has 0 heterocycles. The highest BCUT2D eigenvalue weighted by molar-refractivity contribution is 6.33. The van der Waals surface area contributed by atoms with Crippen molar-refractivity contribution in [3.8, 4) is 0 Å². The second-order valence-electron chi connectivity index (χ2n) is 3.46. The van der Waals surface area contributed by atoms with Crippen LogP contribution in [0.2, 0.25) is 10.0 Å². The van der Waals surface area contributed by atoms with E-state index >= 15 is 0 Å². The Labute approximate surface area is 105 Å². The molecular formula is C11H15Cl2NO2. The summed E-state index contributed by atoms with van der Waals surface area (Å²) < 4.78 is 0. The Morgan fingerprint density at radius 1 is 1.31 bits per heavy atom. The lowest BCUT2D eigenvalue weighted by molar-refractivity contribution is 0.173. The smallest absolute Gasteiger partial charge is 0.0929 e. The molecule has 0 aliphatic heterocycles. The maximum absolute atomic E-state index is 9.86. The molecule has 16 heavy (non-hydrogen) atoms. The summed E-state index contributed by atoms with van der Waals surface area (Å²) in [5.74, 6) is 0. The van der Waals surface area contributed by atoms with Gasteiger partial charge in [0.05, 0.1) is 6.10 Å². The number of hydrogen-bond donors (Lipinski definition) is 3. The maximum Gasteiger partial charge on any atom is 0.0929 e. The molecule has 0 bridgehead atoms. The van der Waals surface area contributed by atoms with E-state index in [1.54, 1.807) is 18.2 Å². The van der Waals surface area contributed by atoms with Gasteiger partial charge in [-0.3, -0.25) is 0 Å². The van der Waals surface area contributed by atoms with Crippen LogP contribution < -0.4 is 5.32 Å². The van der Waals surface area contributed by atoms with E-state index in [1.807, 2.05) is 0 Å². The molecule has 0 saturated carbocycles. The van der Waals surface area contributed by atoms with Gasteiger partial charge < -0.3 is 15.5 Å². The lowest BCUT2D eigenvalue weighted by atomic mass is 10.1. The van der Waals surface area contributed by atoms with Gasteiger partial charge in [-0.15, -0.1) is 0 Å². The maximum atomic E-state index is 9.86. The van der Waals surface area contributed by atoms with E-state index in [1.165, 1.54) is 0 Å². The summed E-state index contributed by atoms with van der Waals surface area (Å²) in [6.45, 7) is 1.19. The Morgan fingerprint density at radius 3 is 2.75 bits per heavy atom. The molecule has 0 spiro atoms. The van der Waals surface area contributed by atoms with Crippen molar-refractivity contribution >= 4 is 23.2 Å². The van der Waals surface area contributed by atoms with Gasteiger partial charge in [0.1, 0.15) is 0 Å². The number of rotatable bonds is 6. The summed E-state index contributed by atoms with van der Waals surface area (Å²) in [5, 5.41) is 22.5. The van der Waals surface area contributed by atoms with E-state index in [0.717, 1.165) is 0 Å². The molecule has 90 valence electrons. The Bertz CT molecular complexity index is 334. The van der Waals surface area contributed by atoms with Gasteiger partial charge >= 0.3 is 0 Å². The van der Waals surface area contributed by atoms with Crippen LogP contribution in [0.15, 0.2) is 18.2 Å². The lowest BCUT2D eigenvalue weighted by Crippen LogP contribution is -2.23. The quantitative estimate of drug-likeness (QED) is 0.689. The number of hydrogen-bond acceptors (Lipinski definition) is 3. The van der Waals surface area contributed by atoms with Crippen molar-refractivity contribution < 1.29 is 10.2 Å². The molecule has 3 N–H and O–H groups in total. The van der Waals surface area contributed by atoms with Crippen LogP contribution in [0.1, 0.15) is 18.1 Å². The largest absolute Gasteiger partial charge is 0.396 e. The SMILES string of the molecule is OCCCNCC(O)c1cc(Cl)ccc1Cl. The zero-order valence-electron chi connectivity index (χ0n) is 8.79. The van der Waals surface area contributed by atoms with E-state index < -0.39 is 6.10 Å². The standard InChI is InChI=1S/C11H15Cl2NO2/c12-8-2-3-10(13)9(6-8)11(16)7-14-4-1-5-15/h2-3,6,11,14-16H,1,4-5,7H2. The van der Waals surface area contributed by atoms with Crippen LogP contribution in [0.25, 0.3) is 0 Å². The van der Waals surface area contributed by atoms with Crippen molar-refractivity contribution in [2.75, 3.05) is 19.7 Å². The Balaban J connectivity index is 2.51. The van der Waals surface area contributed by atoms with Crippen LogP contribution in [0, 0.1) is 0 Å². The zero-order chi connectivity index (χ0) is 12.0. The van der Waals surface area contributed by atoms with Gasteiger partial charge in [0, 0.05) is 28.8 Å². The van der Waals surface area contributed by atoms with Crippen LogP contribution in [0.3, 0.4) is 0 Å². The average molecular weight is 264 g/mol. The Hall–Kier alpha value is -0.320. The van der Waals surface area contributed by atoms with E-state index in [-0.39, 0.29) is 6.61 Å². The number of aliphatic hydroxyl groups is 2. The first kappa shape index (κ1) is 13.7. The summed E-state index contributed by atoms with van der Waals surface area (Å²) in [7, 11) is 0. The number of halogens is 2. The molecule has 1 aromatic rings. The lowest BCUT2D eigenvalue weighted by Gasteiger charge is -2.13. The Kier molecular flexibility index (Phi) is 6.09. The molecule has 0 aromatic heterocycles. The first-order valence-corrected chi connectivity index (χ1v) is 5.85. The van der Waals surface area contributed by atoms with Gasteiger partial charge in [-0.2, -0.15) is 0 Å². The molecule has 1 rings (SSSR count). The normalized spacial score (nSPS) is 12.8. The number of nitrogens with one attached hydrogen (secondary N) is 1. The fourth-order valence-corrected chi connectivity index (χ4v) is 1.75. The van der Waals surface area contributed by atoms with E-state index in [0.29, 0.717) is 35.1 Å². The highest BCUT2D eigenvalue weighted by atomic mass is 35.5. The number of aliphatic hydroxyl groups excluding tert-OH is 2. The van der Waals surface area contributed by atoms with Crippen LogP contribution in [0.4, 0.5) is 0 Å². The van der Waals surface area contributed by atoms with Crippen molar-refractivity contribution in [2.24, 2.45) is 0 Å². The molecule has 0 aliphatic rings. The molecular weight excluding hydrogens is 249 g/mol. The van der Waals surface area contributed by atoms with Crippen molar-refractivity contribution in [1.29, 1.82) is 0 Å². The van der Waals surface area contributed by atoms with E-state index in [4.69, 9.17) is 28.3 Å². The van der Waals surface area contributed by atoms with Crippen molar-refractivity contribution in [3.63, 3.8) is 0 Å². The molecule has 0 aliphatic carbocycles. The minimum atomic E-state index is -0.690. The molecule has 1 aromatic carbocycles. The molecule has 5 heteroatoms. The fraction of sp³-hybridized carbons (Fsp3) is 0.455. The van der Waals surface area contributed by atoms with Crippen LogP contribution in [0.5, 0.6) is 0 Å². The van der Waals surface area contributed by atoms with Gasteiger partial charge in [-0.1, -0.05) is 23.2 Å². The van der Waals surface area contributed by atoms with Gasteiger partial charge in [0.25, 0.3) is 0 Å². The molecule has 1 atom stereocenters.